The van der Waals surface area contributed by atoms with Gasteiger partial charge in [0.15, 0.2) is 0 Å². The predicted molar refractivity (Wildman–Crippen MR) is 73.5 cm³/mol. The molecule has 0 fully saturated rings. The second kappa shape index (κ2) is 6.72. The molecule has 0 atom stereocenters. The van der Waals surface area contributed by atoms with Crippen LogP contribution >= 0.6 is 0 Å². The molecule has 3 nitrogen and oxygen atoms in total. The number of rotatable bonds is 3. The lowest BCUT2D eigenvalue weighted by Crippen LogP contribution is -2.13. The van der Waals surface area contributed by atoms with Gasteiger partial charge in [-0.25, -0.2) is 4.68 Å². The zero-order valence-corrected chi connectivity index (χ0v) is 12.2. The van der Waals surface area contributed by atoms with Crippen molar-refractivity contribution in [1.82, 2.24) is 15.0 Å². The fourth-order valence-corrected chi connectivity index (χ4v) is 2.11. The minimum absolute atomic E-state index is 0.0569. The highest BCUT2D eigenvalue weighted by molar-refractivity contribution is 5.78. The molecule has 112 valence electrons. The maximum Gasteiger partial charge on any atom is 0.418 e. The number of fused-ring (bicyclic) bond motifs is 1. The Kier molecular flexibility index (Phi) is 5.53. The summed E-state index contributed by atoms with van der Waals surface area (Å²) in [7, 11) is 0. The maximum atomic E-state index is 13.0. The summed E-state index contributed by atoms with van der Waals surface area (Å²) >= 11 is 0. The minimum atomic E-state index is -4.38. The minimum Gasteiger partial charge on any atom is -0.241 e. The Hall–Kier alpha value is -1.59. The van der Waals surface area contributed by atoms with Crippen LogP contribution < -0.4 is 0 Å². The number of para-hydroxylation sites is 1. The van der Waals surface area contributed by atoms with E-state index in [2.05, 4.69) is 10.3 Å². The molecule has 6 heteroatoms. The van der Waals surface area contributed by atoms with E-state index < -0.39 is 11.7 Å². The normalized spacial score (nSPS) is 11.6. The summed E-state index contributed by atoms with van der Waals surface area (Å²) < 4.78 is 40.3. The van der Waals surface area contributed by atoms with Gasteiger partial charge in [-0.15, -0.1) is 5.10 Å². The lowest BCUT2D eigenvalue weighted by molar-refractivity contribution is -0.136. The number of aromatic nitrogens is 3. The number of nitrogens with zero attached hydrogens (tertiary/aromatic N) is 3. The van der Waals surface area contributed by atoms with Gasteiger partial charge < -0.3 is 0 Å². The van der Waals surface area contributed by atoms with E-state index in [0.29, 0.717) is 0 Å². The Morgan fingerprint density at radius 1 is 1.15 bits per heavy atom. The molecule has 0 spiro atoms. The highest BCUT2D eigenvalue weighted by Crippen LogP contribution is 2.35. The van der Waals surface area contributed by atoms with Gasteiger partial charge in [0.1, 0.15) is 11.0 Å². The van der Waals surface area contributed by atoms with Crippen molar-refractivity contribution in [2.75, 3.05) is 0 Å². The highest BCUT2D eigenvalue weighted by Gasteiger charge is 2.34. The molecule has 0 radical (unpaired) electrons. The number of hydrogen-bond acceptors (Lipinski definition) is 2. The lowest BCUT2D eigenvalue weighted by Gasteiger charge is -2.16. The van der Waals surface area contributed by atoms with Gasteiger partial charge in [0, 0.05) is 0 Å². The molecule has 0 aliphatic heterocycles. The van der Waals surface area contributed by atoms with Gasteiger partial charge in [0.25, 0.3) is 0 Å². The van der Waals surface area contributed by atoms with Crippen LogP contribution in [0, 0.1) is 0 Å². The maximum absolute atomic E-state index is 13.0. The highest BCUT2D eigenvalue weighted by atomic mass is 19.4. The number of alkyl halides is 3. The van der Waals surface area contributed by atoms with Crippen LogP contribution in [0.3, 0.4) is 0 Å². The molecule has 2 rings (SSSR count). The van der Waals surface area contributed by atoms with Crippen LogP contribution in [0.4, 0.5) is 13.2 Å². The van der Waals surface area contributed by atoms with Gasteiger partial charge in [-0.05, 0) is 25.0 Å². The van der Waals surface area contributed by atoms with Crippen molar-refractivity contribution in [3.8, 4) is 0 Å². The van der Waals surface area contributed by atoms with Crippen molar-refractivity contribution >= 4 is 11.0 Å². The third-order valence-corrected chi connectivity index (χ3v) is 3.09. The van der Waals surface area contributed by atoms with Gasteiger partial charge in [-0.2, -0.15) is 13.2 Å². The fourth-order valence-electron chi connectivity index (χ4n) is 2.11. The summed E-state index contributed by atoms with van der Waals surface area (Å²) in [5.41, 5.74) is -0.299. The van der Waals surface area contributed by atoms with E-state index in [1.54, 1.807) is 6.07 Å². The molecule has 0 saturated carbocycles. The van der Waals surface area contributed by atoms with Gasteiger partial charge in [0.2, 0.25) is 0 Å². The first-order valence-corrected chi connectivity index (χ1v) is 6.90. The molecular formula is C14H20F3N3. The third-order valence-electron chi connectivity index (χ3n) is 3.09. The van der Waals surface area contributed by atoms with E-state index in [1.807, 2.05) is 27.7 Å². The van der Waals surface area contributed by atoms with E-state index in [0.717, 1.165) is 18.9 Å². The molecule has 0 bridgehead atoms. The average molecular weight is 287 g/mol. The first-order chi connectivity index (χ1) is 9.49. The first kappa shape index (κ1) is 16.5. The Bertz CT molecular complexity index is 542. The lowest BCUT2D eigenvalue weighted by atomic mass is 10.1. The molecule has 1 aromatic heterocycles. The second-order valence-corrected chi connectivity index (χ2v) is 4.18. The number of halogens is 3. The van der Waals surface area contributed by atoms with Crippen molar-refractivity contribution in [3.05, 3.63) is 23.8 Å². The van der Waals surface area contributed by atoms with Crippen molar-refractivity contribution in [3.63, 3.8) is 0 Å². The summed E-state index contributed by atoms with van der Waals surface area (Å²) in [6, 6.07) is 3.93. The van der Waals surface area contributed by atoms with Crippen molar-refractivity contribution < 1.29 is 13.2 Å². The monoisotopic (exact) mass is 287 g/mol. The van der Waals surface area contributed by atoms with Gasteiger partial charge in [-0.1, -0.05) is 39.0 Å². The average Bonchev–Trinajstić information content (AvgIpc) is 2.85. The molecule has 2 aromatic rings. The quantitative estimate of drug-likeness (QED) is 0.809. The Labute approximate surface area is 116 Å². The molecule has 1 heterocycles. The number of benzene rings is 1. The fraction of sp³-hybridized carbons (Fsp3) is 0.571. The summed E-state index contributed by atoms with van der Waals surface area (Å²) in [6.07, 6.45) is -2.94. The van der Waals surface area contributed by atoms with Crippen LogP contribution in [0.5, 0.6) is 0 Å². The molecule has 0 N–H and O–H groups in total. The third kappa shape index (κ3) is 3.11. The topological polar surface area (TPSA) is 30.7 Å². The van der Waals surface area contributed by atoms with Crippen LogP contribution in [0.1, 0.15) is 52.1 Å². The summed E-state index contributed by atoms with van der Waals surface area (Å²) in [4.78, 5) is 0. The smallest absolute Gasteiger partial charge is 0.241 e. The second-order valence-electron chi connectivity index (χ2n) is 4.18. The van der Waals surface area contributed by atoms with Crippen LogP contribution in [-0.4, -0.2) is 15.0 Å². The van der Waals surface area contributed by atoms with Crippen LogP contribution in [0.2, 0.25) is 0 Å². The molecule has 1 aromatic carbocycles. The van der Waals surface area contributed by atoms with E-state index in [4.69, 9.17) is 0 Å². The van der Waals surface area contributed by atoms with E-state index in [1.165, 1.54) is 10.7 Å². The molecule has 20 heavy (non-hydrogen) atoms. The molecule has 0 amide bonds. The standard InChI is InChI=1S/C12H14F3N3.C2H6/c1-3-8(4-2)18-11-9(12(13,14)15)6-5-7-10(11)16-17-18;1-2/h5-8H,3-4H2,1-2H3;1-2H3. The zero-order chi connectivity index (χ0) is 15.3. The first-order valence-electron chi connectivity index (χ1n) is 6.90. The summed E-state index contributed by atoms with van der Waals surface area (Å²) in [6.45, 7) is 7.86. The molecule has 0 saturated heterocycles. The molecule has 0 unspecified atom stereocenters. The Morgan fingerprint density at radius 2 is 1.75 bits per heavy atom. The summed E-state index contributed by atoms with van der Waals surface area (Å²) in [5, 5.41) is 7.70. The molecular weight excluding hydrogens is 267 g/mol. The predicted octanol–water partition coefficient (Wildman–Crippen LogP) is 4.84. The molecule has 0 aliphatic carbocycles. The van der Waals surface area contributed by atoms with E-state index >= 15 is 0 Å². The van der Waals surface area contributed by atoms with Crippen molar-refractivity contribution in [1.29, 1.82) is 0 Å². The molecule has 0 aliphatic rings. The van der Waals surface area contributed by atoms with Crippen LogP contribution in [0.15, 0.2) is 18.2 Å². The van der Waals surface area contributed by atoms with Crippen molar-refractivity contribution in [2.45, 2.75) is 52.8 Å². The van der Waals surface area contributed by atoms with Gasteiger partial charge in [0.05, 0.1) is 11.6 Å². The van der Waals surface area contributed by atoms with Crippen molar-refractivity contribution in [2.24, 2.45) is 0 Å². The largest absolute Gasteiger partial charge is 0.418 e. The van der Waals surface area contributed by atoms with Crippen LogP contribution in [0.25, 0.3) is 11.0 Å². The van der Waals surface area contributed by atoms with E-state index in [9.17, 15) is 13.2 Å². The SMILES string of the molecule is CC.CCC(CC)n1nnc2cccc(C(F)(F)F)c21. The van der Waals surface area contributed by atoms with Crippen LogP contribution in [-0.2, 0) is 6.18 Å². The Morgan fingerprint density at radius 3 is 2.25 bits per heavy atom. The summed E-state index contributed by atoms with van der Waals surface area (Å²) in [5.74, 6) is 0. The zero-order valence-electron chi connectivity index (χ0n) is 12.2. The van der Waals surface area contributed by atoms with Gasteiger partial charge in [-0.3, -0.25) is 0 Å². The Balaban J connectivity index is 0.000000956. The van der Waals surface area contributed by atoms with Gasteiger partial charge >= 0.3 is 6.18 Å². The number of hydrogen-bond donors (Lipinski definition) is 0. The van der Waals surface area contributed by atoms with E-state index in [-0.39, 0.29) is 17.1 Å².